The van der Waals surface area contributed by atoms with Crippen molar-refractivity contribution in [3.63, 3.8) is 0 Å². The van der Waals surface area contributed by atoms with E-state index in [-0.39, 0.29) is 0 Å². The second-order valence-electron chi connectivity index (χ2n) is 11.6. The number of benzene rings is 6. The molecule has 0 N–H and O–H groups in total. The summed E-state index contributed by atoms with van der Waals surface area (Å²) in [5, 5.41) is 1.14. The van der Waals surface area contributed by atoms with Crippen LogP contribution in [-0.4, -0.2) is 9.55 Å². The SMILES string of the molecule is c1ccc(-c2cc(-c3ccccc3)cc(N3c4ccccc4-c4c(-c5ccccc5)c5cccnc5n4-c4ccccc43)c2)cc1. The quantitative estimate of drug-likeness (QED) is 0.204. The third kappa shape index (κ3) is 4.17. The first-order chi connectivity index (χ1) is 22.8. The summed E-state index contributed by atoms with van der Waals surface area (Å²) in [5.74, 6) is 0. The first-order valence-corrected chi connectivity index (χ1v) is 15.6. The van der Waals surface area contributed by atoms with Gasteiger partial charge in [-0.05, 0) is 76.3 Å². The second kappa shape index (κ2) is 10.8. The number of rotatable bonds is 4. The van der Waals surface area contributed by atoms with Crippen LogP contribution in [0, 0.1) is 0 Å². The first-order valence-electron chi connectivity index (χ1n) is 15.6. The molecule has 3 heteroatoms. The van der Waals surface area contributed by atoms with E-state index in [1.165, 1.54) is 33.4 Å². The molecule has 216 valence electrons. The Hall–Kier alpha value is -6.19. The van der Waals surface area contributed by atoms with Crippen molar-refractivity contribution < 1.29 is 0 Å². The fraction of sp³-hybridized carbons (Fsp3) is 0. The summed E-state index contributed by atoms with van der Waals surface area (Å²) in [6.45, 7) is 0. The second-order valence-corrected chi connectivity index (χ2v) is 11.6. The Morgan fingerprint density at radius 3 is 1.61 bits per heavy atom. The van der Waals surface area contributed by atoms with Crippen LogP contribution in [0.4, 0.5) is 17.1 Å². The largest absolute Gasteiger partial charge is 0.308 e. The molecule has 3 nitrogen and oxygen atoms in total. The van der Waals surface area contributed by atoms with Gasteiger partial charge in [-0.3, -0.25) is 4.57 Å². The minimum Gasteiger partial charge on any atom is -0.308 e. The molecule has 46 heavy (non-hydrogen) atoms. The van der Waals surface area contributed by atoms with E-state index in [4.69, 9.17) is 4.98 Å². The molecule has 0 amide bonds. The number of hydrogen-bond acceptors (Lipinski definition) is 2. The number of para-hydroxylation sites is 3. The zero-order valence-corrected chi connectivity index (χ0v) is 25.1. The Labute approximate surface area is 268 Å². The highest BCUT2D eigenvalue weighted by Crippen LogP contribution is 2.52. The van der Waals surface area contributed by atoms with Crippen molar-refractivity contribution in [2.45, 2.75) is 0 Å². The highest BCUT2D eigenvalue weighted by molar-refractivity contribution is 6.09. The molecule has 2 aromatic heterocycles. The molecule has 0 unspecified atom stereocenters. The van der Waals surface area contributed by atoms with Crippen LogP contribution < -0.4 is 4.90 Å². The van der Waals surface area contributed by atoms with E-state index in [0.717, 1.165) is 45.0 Å². The van der Waals surface area contributed by atoms with E-state index in [1.54, 1.807) is 0 Å². The molecule has 6 aromatic carbocycles. The van der Waals surface area contributed by atoms with Crippen molar-refractivity contribution in [2.75, 3.05) is 4.90 Å². The number of aromatic nitrogens is 2. The van der Waals surface area contributed by atoms with Crippen LogP contribution in [-0.2, 0) is 0 Å². The van der Waals surface area contributed by atoms with Gasteiger partial charge >= 0.3 is 0 Å². The van der Waals surface area contributed by atoms with Gasteiger partial charge in [0.2, 0.25) is 0 Å². The molecule has 9 rings (SSSR count). The Bertz CT molecular complexity index is 2300. The van der Waals surface area contributed by atoms with Gasteiger partial charge in [0.25, 0.3) is 0 Å². The fourth-order valence-electron chi connectivity index (χ4n) is 6.96. The topological polar surface area (TPSA) is 21.1 Å². The van der Waals surface area contributed by atoms with Crippen molar-refractivity contribution in [3.8, 4) is 50.3 Å². The smallest absolute Gasteiger partial charge is 0.145 e. The Balaban J connectivity index is 1.39. The molecule has 0 fully saturated rings. The lowest BCUT2D eigenvalue weighted by atomic mass is 9.96. The highest BCUT2D eigenvalue weighted by atomic mass is 15.2. The third-order valence-corrected chi connectivity index (χ3v) is 8.94. The van der Waals surface area contributed by atoms with Gasteiger partial charge < -0.3 is 4.90 Å². The minimum atomic E-state index is 0.948. The molecule has 3 heterocycles. The molecule has 0 aliphatic carbocycles. The summed E-state index contributed by atoms with van der Waals surface area (Å²) in [4.78, 5) is 7.43. The maximum absolute atomic E-state index is 5.00. The summed E-state index contributed by atoms with van der Waals surface area (Å²) < 4.78 is 2.37. The van der Waals surface area contributed by atoms with Gasteiger partial charge in [0, 0.05) is 28.4 Å². The van der Waals surface area contributed by atoms with Crippen LogP contribution in [0.2, 0.25) is 0 Å². The van der Waals surface area contributed by atoms with Gasteiger partial charge in [-0.2, -0.15) is 0 Å². The summed E-state index contributed by atoms with van der Waals surface area (Å²) in [7, 11) is 0. The number of anilines is 3. The minimum absolute atomic E-state index is 0.948. The highest BCUT2D eigenvalue weighted by Gasteiger charge is 2.31. The first kappa shape index (κ1) is 26.2. The molecule has 0 radical (unpaired) electrons. The third-order valence-electron chi connectivity index (χ3n) is 8.94. The zero-order chi connectivity index (χ0) is 30.5. The lowest BCUT2D eigenvalue weighted by molar-refractivity contribution is 1.10. The van der Waals surface area contributed by atoms with Crippen molar-refractivity contribution in [1.82, 2.24) is 9.55 Å². The van der Waals surface area contributed by atoms with Gasteiger partial charge in [0.15, 0.2) is 0 Å². The fourth-order valence-corrected chi connectivity index (χ4v) is 6.96. The van der Waals surface area contributed by atoms with Gasteiger partial charge in [-0.25, -0.2) is 4.98 Å². The Morgan fingerprint density at radius 2 is 0.957 bits per heavy atom. The van der Waals surface area contributed by atoms with Gasteiger partial charge in [-0.15, -0.1) is 0 Å². The van der Waals surface area contributed by atoms with Gasteiger partial charge in [0.1, 0.15) is 5.65 Å². The van der Waals surface area contributed by atoms with Gasteiger partial charge in [-0.1, -0.05) is 121 Å². The number of nitrogens with zero attached hydrogens (tertiary/aromatic N) is 3. The van der Waals surface area contributed by atoms with Crippen LogP contribution in [0.15, 0.2) is 176 Å². The van der Waals surface area contributed by atoms with Crippen LogP contribution in [0.25, 0.3) is 61.4 Å². The summed E-state index contributed by atoms with van der Waals surface area (Å²) in [6, 6.07) is 60.8. The summed E-state index contributed by atoms with van der Waals surface area (Å²) in [5.41, 5.74) is 14.7. The number of fused-ring (bicyclic) bond motifs is 7. The molecular formula is C43H29N3. The monoisotopic (exact) mass is 587 g/mol. The molecule has 0 spiro atoms. The average molecular weight is 588 g/mol. The van der Waals surface area contributed by atoms with E-state index in [9.17, 15) is 0 Å². The van der Waals surface area contributed by atoms with Crippen molar-refractivity contribution in [1.29, 1.82) is 0 Å². The molecule has 0 saturated carbocycles. The van der Waals surface area contributed by atoms with E-state index in [0.29, 0.717) is 0 Å². The maximum atomic E-state index is 5.00. The predicted octanol–water partition coefficient (Wildman–Crippen LogP) is 11.5. The van der Waals surface area contributed by atoms with Crippen molar-refractivity contribution >= 4 is 28.1 Å². The van der Waals surface area contributed by atoms with Crippen molar-refractivity contribution in [2.24, 2.45) is 0 Å². The lowest BCUT2D eigenvalue weighted by Gasteiger charge is -2.28. The van der Waals surface area contributed by atoms with E-state index in [2.05, 4.69) is 173 Å². The normalized spacial score (nSPS) is 11.9. The maximum Gasteiger partial charge on any atom is 0.145 e. The standard InChI is InChI=1S/C43H29N3/c1-4-15-30(16-5-1)33-27-34(31-17-6-2-7-18-31)29-35(28-33)45-38-23-11-10-21-36(38)42-41(32-19-8-3-9-20-32)37-22-14-26-44-43(37)46(42)40-25-13-12-24-39(40)45/h1-29H. The van der Waals surface area contributed by atoms with E-state index in [1.807, 2.05) is 12.3 Å². The molecule has 1 aliphatic rings. The van der Waals surface area contributed by atoms with Crippen molar-refractivity contribution in [3.05, 3.63) is 176 Å². The molecule has 1 aliphatic heterocycles. The summed E-state index contributed by atoms with van der Waals surface area (Å²) in [6.07, 6.45) is 1.90. The molecule has 0 saturated heterocycles. The average Bonchev–Trinajstić information content (AvgIpc) is 3.42. The molecular weight excluding hydrogens is 558 g/mol. The van der Waals surface area contributed by atoms with Crippen LogP contribution in [0.1, 0.15) is 0 Å². The van der Waals surface area contributed by atoms with Crippen LogP contribution in [0.5, 0.6) is 0 Å². The predicted molar refractivity (Wildman–Crippen MR) is 191 cm³/mol. The Kier molecular flexibility index (Phi) is 6.14. The van der Waals surface area contributed by atoms with Gasteiger partial charge in [0.05, 0.1) is 22.8 Å². The van der Waals surface area contributed by atoms with Crippen LogP contribution in [0.3, 0.4) is 0 Å². The number of hydrogen-bond donors (Lipinski definition) is 0. The zero-order valence-electron chi connectivity index (χ0n) is 25.1. The molecule has 8 aromatic rings. The lowest BCUT2D eigenvalue weighted by Crippen LogP contribution is -2.12. The molecule has 0 bridgehead atoms. The molecule has 0 atom stereocenters. The van der Waals surface area contributed by atoms with Crippen LogP contribution >= 0.6 is 0 Å². The number of pyridine rings is 1. The van der Waals surface area contributed by atoms with E-state index < -0.39 is 0 Å². The summed E-state index contributed by atoms with van der Waals surface area (Å²) >= 11 is 0. The van der Waals surface area contributed by atoms with E-state index >= 15 is 0 Å². The Morgan fingerprint density at radius 1 is 0.413 bits per heavy atom.